The van der Waals surface area contributed by atoms with Crippen LogP contribution in [-0.2, 0) is 13.0 Å². The Hall–Kier alpha value is -1.16. The van der Waals surface area contributed by atoms with Gasteiger partial charge in [-0.05, 0) is 23.6 Å². The largest absolute Gasteiger partial charge is 0.374 e. The normalized spacial score (nSPS) is 14.6. The summed E-state index contributed by atoms with van der Waals surface area (Å²) in [4.78, 5) is 2.20. The Labute approximate surface area is 94.3 Å². The fraction of sp³-hybridized carbons (Fsp3) is 0.500. The minimum absolute atomic E-state index is 0.237. The third kappa shape index (κ3) is 2.32. The van der Waals surface area contributed by atoms with E-state index in [4.69, 9.17) is 0 Å². The Kier molecular flexibility index (Phi) is 3.39. The third-order valence-corrected chi connectivity index (χ3v) is 2.97. The summed E-state index contributed by atoms with van der Waals surface area (Å²) in [5.74, 6) is 0. The van der Waals surface area contributed by atoms with Gasteiger partial charge in [0.05, 0.1) is 6.54 Å². The zero-order valence-corrected chi connectivity index (χ0v) is 9.34. The molecular weight excluding hydrogens is 210 g/mol. The van der Waals surface area contributed by atoms with Crippen molar-refractivity contribution in [3.63, 3.8) is 0 Å². The number of nitrogens with zero attached hydrogens (tertiary/aromatic N) is 1. The highest BCUT2D eigenvalue weighted by molar-refractivity contribution is 5.60. The first-order chi connectivity index (χ1) is 7.68. The van der Waals surface area contributed by atoms with Gasteiger partial charge in [0.1, 0.15) is 0 Å². The highest BCUT2D eigenvalue weighted by Gasteiger charge is 2.18. The molecule has 1 N–H and O–H groups in total. The molecule has 1 aromatic rings. The molecule has 1 heterocycles. The summed E-state index contributed by atoms with van der Waals surface area (Å²) < 4.78 is 24.0. The number of alkyl halides is 2. The number of hydrogen-bond donors (Lipinski definition) is 1. The van der Waals surface area contributed by atoms with Gasteiger partial charge in [-0.3, -0.25) is 0 Å². The fourth-order valence-electron chi connectivity index (χ4n) is 2.15. The maximum absolute atomic E-state index is 12.0. The maximum atomic E-state index is 12.0. The van der Waals surface area contributed by atoms with Crippen molar-refractivity contribution in [1.82, 2.24) is 5.32 Å². The molecule has 2 nitrogen and oxygen atoms in total. The molecule has 2 rings (SSSR count). The van der Waals surface area contributed by atoms with E-state index in [-0.39, 0.29) is 6.54 Å². The van der Waals surface area contributed by atoms with Gasteiger partial charge in [0.25, 0.3) is 6.43 Å². The molecule has 0 amide bonds. The number of rotatable bonds is 4. The third-order valence-electron chi connectivity index (χ3n) is 2.97. The van der Waals surface area contributed by atoms with Crippen molar-refractivity contribution in [3.05, 3.63) is 29.3 Å². The standard InChI is InChI=1S/C12H16F2N2/c1-16-6-5-10-9(3-2-4-11(10)16)7-15-8-12(13)14/h2-4,12,15H,5-8H2,1H3. The Morgan fingerprint density at radius 2 is 2.25 bits per heavy atom. The Bertz CT molecular complexity index is 366. The predicted molar refractivity (Wildman–Crippen MR) is 61.1 cm³/mol. The van der Waals surface area contributed by atoms with Crippen LogP contribution in [0.15, 0.2) is 18.2 Å². The second-order valence-corrected chi connectivity index (χ2v) is 4.11. The van der Waals surface area contributed by atoms with Gasteiger partial charge in [0.15, 0.2) is 0 Å². The van der Waals surface area contributed by atoms with Crippen molar-refractivity contribution >= 4 is 5.69 Å². The van der Waals surface area contributed by atoms with Gasteiger partial charge < -0.3 is 10.2 Å². The van der Waals surface area contributed by atoms with Gasteiger partial charge in [-0.25, -0.2) is 8.78 Å². The van der Waals surface area contributed by atoms with Crippen LogP contribution >= 0.6 is 0 Å². The van der Waals surface area contributed by atoms with E-state index in [0.717, 1.165) is 18.5 Å². The van der Waals surface area contributed by atoms with Crippen molar-refractivity contribution in [2.45, 2.75) is 19.4 Å². The summed E-state index contributed by atoms with van der Waals surface area (Å²) in [6.07, 6.45) is -1.27. The van der Waals surface area contributed by atoms with Crippen LogP contribution in [0.25, 0.3) is 0 Å². The van der Waals surface area contributed by atoms with Crippen LogP contribution in [0.5, 0.6) is 0 Å². The summed E-state index contributed by atoms with van der Waals surface area (Å²) in [5, 5.41) is 2.78. The molecule has 0 atom stereocenters. The molecule has 0 bridgehead atoms. The Morgan fingerprint density at radius 1 is 1.44 bits per heavy atom. The number of nitrogens with one attached hydrogen (secondary N) is 1. The predicted octanol–water partition coefficient (Wildman–Crippen LogP) is 2.03. The molecule has 16 heavy (non-hydrogen) atoms. The number of benzene rings is 1. The lowest BCUT2D eigenvalue weighted by atomic mass is 10.1. The highest BCUT2D eigenvalue weighted by atomic mass is 19.3. The molecule has 0 saturated carbocycles. The van der Waals surface area contributed by atoms with Crippen LogP contribution in [-0.4, -0.2) is 26.6 Å². The number of hydrogen-bond acceptors (Lipinski definition) is 2. The summed E-state index contributed by atoms with van der Waals surface area (Å²) in [6, 6.07) is 6.08. The molecule has 4 heteroatoms. The van der Waals surface area contributed by atoms with E-state index in [0.29, 0.717) is 6.54 Å². The number of halogens is 2. The van der Waals surface area contributed by atoms with Crippen LogP contribution in [0.2, 0.25) is 0 Å². The van der Waals surface area contributed by atoms with Crippen molar-refractivity contribution in [2.24, 2.45) is 0 Å². The smallest absolute Gasteiger partial charge is 0.250 e. The number of anilines is 1. The van der Waals surface area contributed by atoms with Crippen LogP contribution in [0, 0.1) is 0 Å². The van der Waals surface area contributed by atoms with E-state index in [1.165, 1.54) is 11.3 Å². The molecule has 0 spiro atoms. The molecule has 1 aromatic carbocycles. The molecule has 0 unspecified atom stereocenters. The molecule has 0 fully saturated rings. The average Bonchev–Trinajstić information content (AvgIpc) is 2.61. The Morgan fingerprint density at radius 3 is 3.00 bits per heavy atom. The van der Waals surface area contributed by atoms with Gasteiger partial charge in [-0.1, -0.05) is 12.1 Å². The van der Waals surface area contributed by atoms with Gasteiger partial charge >= 0.3 is 0 Å². The van der Waals surface area contributed by atoms with Crippen molar-refractivity contribution < 1.29 is 8.78 Å². The fourth-order valence-corrected chi connectivity index (χ4v) is 2.15. The van der Waals surface area contributed by atoms with Gasteiger partial charge in [0.2, 0.25) is 0 Å². The van der Waals surface area contributed by atoms with Gasteiger partial charge in [-0.2, -0.15) is 0 Å². The van der Waals surface area contributed by atoms with Crippen LogP contribution in [0.1, 0.15) is 11.1 Å². The monoisotopic (exact) mass is 226 g/mol. The van der Waals surface area contributed by atoms with Crippen molar-refractivity contribution in [3.8, 4) is 0 Å². The van der Waals surface area contributed by atoms with Crippen LogP contribution < -0.4 is 10.2 Å². The lowest BCUT2D eigenvalue weighted by molar-refractivity contribution is 0.145. The van der Waals surface area contributed by atoms with E-state index in [9.17, 15) is 8.78 Å². The first-order valence-electron chi connectivity index (χ1n) is 5.49. The molecule has 0 aliphatic carbocycles. The first kappa shape index (κ1) is 11.3. The SMILES string of the molecule is CN1CCc2c(CNCC(F)F)cccc21. The molecule has 0 aromatic heterocycles. The maximum Gasteiger partial charge on any atom is 0.250 e. The number of likely N-dealkylation sites (N-methyl/N-ethyl adjacent to an activating group) is 1. The first-order valence-corrected chi connectivity index (χ1v) is 5.49. The van der Waals surface area contributed by atoms with Crippen LogP contribution in [0.4, 0.5) is 14.5 Å². The second-order valence-electron chi connectivity index (χ2n) is 4.11. The lowest BCUT2D eigenvalue weighted by Gasteiger charge is -2.13. The number of fused-ring (bicyclic) bond motifs is 1. The summed E-state index contributed by atoms with van der Waals surface area (Å²) in [5.41, 5.74) is 3.67. The minimum atomic E-state index is -2.28. The molecule has 88 valence electrons. The zero-order valence-electron chi connectivity index (χ0n) is 9.34. The summed E-state index contributed by atoms with van der Waals surface area (Å²) in [7, 11) is 2.06. The molecule has 0 saturated heterocycles. The minimum Gasteiger partial charge on any atom is -0.374 e. The van der Waals surface area contributed by atoms with E-state index < -0.39 is 6.43 Å². The van der Waals surface area contributed by atoms with Gasteiger partial charge in [0, 0.05) is 25.8 Å². The zero-order chi connectivity index (χ0) is 11.5. The van der Waals surface area contributed by atoms with Gasteiger partial charge in [-0.15, -0.1) is 0 Å². The molecular formula is C12H16F2N2. The molecule has 0 radical (unpaired) electrons. The Balaban J connectivity index is 2.05. The van der Waals surface area contributed by atoms with Crippen molar-refractivity contribution in [2.75, 3.05) is 25.0 Å². The van der Waals surface area contributed by atoms with E-state index in [2.05, 4.69) is 23.3 Å². The van der Waals surface area contributed by atoms with E-state index >= 15 is 0 Å². The molecule has 1 aliphatic rings. The highest BCUT2D eigenvalue weighted by Crippen LogP contribution is 2.29. The van der Waals surface area contributed by atoms with E-state index in [1.54, 1.807) is 0 Å². The van der Waals surface area contributed by atoms with Crippen molar-refractivity contribution in [1.29, 1.82) is 0 Å². The van der Waals surface area contributed by atoms with E-state index in [1.807, 2.05) is 12.1 Å². The second kappa shape index (κ2) is 4.78. The topological polar surface area (TPSA) is 15.3 Å². The summed E-state index contributed by atoms with van der Waals surface area (Å²) in [6.45, 7) is 1.31. The lowest BCUT2D eigenvalue weighted by Crippen LogP contribution is -2.21. The quantitative estimate of drug-likeness (QED) is 0.845. The summed E-state index contributed by atoms with van der Waals surface area (Å²) >= 11 is 0. The average molecular weight is 226 g/mol. The molecule has 1 aliphatic heterocycles. The van der Waals surface area contributed by atoms with Crippen LogP contribution in [0.3, 0.4) is 0 Å².